The van der Waals surface area contributed by atoms with Crippen LogP contribution < -0.4 is 0 Å². The van der Waals surface area contributed by atoms with E-state index in [9.17, 15) is 48.6 Å². The van der Waals surface area contributed by atoms with E-state index in [1.54, 1.807) is 68.4 Å². The smallest absolute Gasteiger partial charge is 0.336 e. The second kappa shape index (κ2) is 22.2. The van der Waals surface area contributed by atoms with Gasteiger partial charge >= 0.3 is 29.8 Å². The Hall–Kier alpha value is -8.03. The second-order valence-corrected chi connectivity index (χ2v) is 14.8. The van der Waals surface area contributed by atoms with Gasteiger partial charge in [-0.15, -0.1) is 0 Å². The van der Waals surface area contributed by atoms with Gasteiger partial charge in [-0.1, -0.05) is 114 Å². The van der Waals surface area contributed by atoms with Crippen molar-refractivity contribution in [3.8, 4) is 0 Å². The van der Waals surface area contributed by atoms with Crippen molar-refractivity contribution in [2.24, 2.45) is 0 Å². The third kappa shape index (κ3) is 13.0. The number of carboxylic acids is 5. The normalized spacial score (nSPS) is 10.2. The average molecular weight is 885 g/mol. The van der Waals surface area contributed by atoms with Gasteiger partial charge in [0, 0.05) is 41.0 Å². The quantitative estimate of drug-likeness (QED) is 0.0642. The minimum Gasteiger partial charge on any atom is -0.478 e. The van der Waals surface area contributed by atoms with Gasteiger partial charge in [0.2, 0.25) is 0 Å². The zero-order valence-corrected chi connectivity index (χ0v) is 35.4. The van der Waals surface area contributed by atoms with Crippen LogP contribution in [0.2, 0.25) is 5.02 Å². The lowest BCUT2D eigenvalue weighted by Crippen LogP contribution is -2.13. The van der Waals surface area contributed by atoms with Gasteiger partial charge < -0.3 is 25.5 Å². The summed E-state index contributed by atoms with van der Waals surface area (Å²) in [4.78, 5) is 92.8. The van der Waals surface area contributed by atoms with Crippen molar-refractivity contribution in [2.45, 2.75) is 40.0 Å². The molecule has 0 aliphatic carbocycles. The number of hydrogen-bond donors (Lipinski definition) is 5. The van der Waals surface area contributed by atoms with Crippen molar-refractivity contribution in [1.82, 2.24) is 0 Å². The van der Waals surface area contributed by atoms with Gasteiger partial charge in [0.1, 0.15) is 0 Å². The molecular weight excluding hydrogens is 844 g/mol. The van der Waals surface area contributed by atoms with Gasteiger partial charge in [-0.25, -0.2) is 24.0 Å². The summed E-state index contributed by atoms with van der Waals surface area (Å²) in [6.45, 7) is 5.41. The molecule has 0 aliphatic heterocycles. The van der Waals surface area contributed by atoms with Crippen molar-refractivity contribution in [3.05, 3.63) is 210 Å². The molecule has 0 aromatic heterocycles. The Morgan fingerprint density at radius 2 is 0.688 bits per heavy atom. The molecular formula is C50H41ClO13. The van der Waals surface area contributed by atoms with Crippen LogP contribution in [0.3, 0.4) is 0 Å². The summed E-state index contributed by atoms with van der Waals surface area (Å²) < 4.78 is 0. The van der Waals surface area contributed by atoms with Crippen LogP contribution in [0, 0.1) is 20.8 Å². The number of Topliss-reactive ketones (excluding diaryl/α,β-unsaturated/α-hetero) is 3. The van der Waals surface area contributed by atoms with Crippen LogP contribution in [-0.2, 0) is 19.3 Å². The third-order valence-corrected chi connectivity index (χ3v) is 10.1. The van der Waals surface area contributed by atoms with E-state index in [-0.39, 0.29) is 69.6 Å². The number of benzene rings is 6. The van der Waals surface area contributed by atoms with E-state index in [2.05, 4.69) is 0 Å². The van der Waals surface area contributed by atoms with Crippen LogP contribution in [0.1, 0.15) is 116 Å². The average Bonchev–Trinajstić information content (AvgIpc) is 3.26. The van der Waals surface area contributed by atoms with Gasteiger partial charge in [-0.05, 0) is 79.4 Å². The van der Waals surface area contributed by atoms with Crippen LogP contribution in [0.4, 0.5) is 0 Å². The molecule has 0 bridgehead atoms. The molecule has 14 heteroatoms. The number of aryl methyl sites for hydroxylation is 3. The molecule has 0 atom stereocenters. The SMILES string of the molecule is Cc1ccc(CC(=O)c2ccccc2C(=O)O)c(C(=O)O)c1.Cc1ccc(CC(=O)c2ccccc2C(=O)O)c(C(=O)O)c1.Cc1ccc(CC(=O)c2ccccc2C(=O)O)cc1Cl. The Kier molecular flexibility index (Phi) is 16.9. The fourth-order valence-corrected chi connectivity index (χ4v) is 6.59. The number of hydrogen-bond acceptors (Lipinski definition) is 8. The van der Waals surface area contributed by atoms with Crippen molar-refractivity contribution in [2.75, 3.05) is 0 Å². The lowest BCUT2D eigenvalue weighted by molar-refractivity contribution is 0.0682. The summed E-state index contributed by atoms with van der Waals surface area (Å²) >= 11 is 6.02. The Balaban J connectivity index is 0.000000211. The predicted octanol–water partition coefficient (Wildman–Crippen LogP) is 9.41. The number of rotatable bonds is 14. The topological polar surface area (TPSA) is 238 Å². The number of carboxylic acid groups (broad SMARTS) is 5. The van der Waals surface area contributed by atoms with E-state index < -0.39 is 41.4 Å². The molecule has 6 rings (SSSR count). The standard InChI is InChI=1S/2C17H14O5.C16H13ClO3/c2*1-10-6-7-11(14(8-10)17(21)22)9-15(18)12-4-2-3-5-13(12)16(19)20;1-10-6-7-11(8-14(10)17)9-15(18)12-4-2-3-5-13(12)16(19)20/h2*2-8H,9H2,1H3,(H,19,20)(H,21,22);2-8H,9H2,1H3,(H,19,20). The molecule has 0 saturated carbocycles. The maximum atomic E-state index is 12.3. The van der Waals surface area contributed by atoms with E-state index in [4.69, 9.17) is 26.9 Å². The van der Waals surface area contributed by atoms with Gasteiger partial charge in [0.15, 0.2) is 17.3 Å². The molecule has 0 fully saturated rings. The van der Waals surface area contributed by atoms with Crippen LogP contribution in [0.25, 0.3) is 0 Å². The highest BCUT2D eigenvalue weighted by Crippen LogP contribution is 2.21. The Labute approximate surface area is 371 Å². The molecule has 64 heavy (non-hydrogen) atoms. The number of ketones is 3. The Bertz CT molecular complexity index is 2670. The van der Waals surface area contributed by atoms with Crippen molar-refractivity contribution >= 4 is 58.8 Å². The first kappa shape index (κ1) is 48.6. The Morgan fingerprint density at radius 1 is 0.375 bits per heavy atom. The zero-order valence-electron chi connectivity index (χ0n) is 34.6. The molecule has 6 aromatic rings. The first-order chi connectivity index (χ1) is 30.3. The molecule has 0 amide bonds. The molecule has 6 aromatic carbocycles. The molecule has 0 heterocycles. The molecule has 0 radical (unpaired) electrons. The van der Waals surface area contributed by atoms with Crippen LogP contribution >= 0.6 is 11.6 Å². The number of carbonyl (C=O) groups excluding carboxylic acids is 3. The largest absolute Gasteiger partial charge is 0.478 e. The molecule has 0 aliphatic rings. The predicted molar refractivity (Wildman–Crippen MR) is 237 cm³/mol. The minimum atomic E-state index is -1.19. The second-order valence-electron chi connectivity index (χ2n) is 14.4. The molecule has 0 saturated heterocycles. The highest BCUT2D eigenvalue weighted by molar-refractivity contribution is 6.31. The van der Waals surface area contributed by atoms with Crippen LogP contribution in [0.15, 0.2) is 127 Å². The number of carbonyl (C=O) groups is 8. The minimum absolute atomic E-state index is 0.0238. The zero-order chi connectivity index (χ0) is 47.2. The molecule has 5 N–H and O–H groups in total. The first-order valence-electron chi connectivity index (χ1n) is 19.3. The van der Waals surface area contributed by atoms with Crippen LogP contribution in [0.5, 0.6) is 0 Å². The van der Waals surface area contributed by atoms with E-state index in [1.165, 1.54) is 60.7 Å². The summed E-state index contributed by atoms with van der Waals surface area (Å²) in [6.07, 6.45) is -0.192. The van der Waals surface area contributed by atoms with E-state index >= 15 is 0 Å². The van der Waals surface area contributed by atoms with E-state index in [0.717, 1.165) is 22.3 Å². The lowest BCUT2D eigenvalue weighted by Gasteiger charge is -2.08. The van der Waals surface area contributed by atoms with Gasteiger partial charge in [0.25, 0.3) is 0 Å². The van der Waals surface area contributed by atoms with Crippen molar-refractivity contribution in [1.29, 1.82) is 0 Å². The summed E-state index contributed by atoms with van der Waals surface area (Å²) in [5.74, 6) is -6.79. The number of aromatic carboxylic acids is 5. The summed E-state index contributed by atoms with van der Waals surface area (Å²) in [5, 5.41) is 46.3. The maximum Gasteiger partial charge on any atom is 0.336 e. The third-order valence-electron chi connectivity index (χ3n) is 9.67. The summed E-state index contributed by atoms with van der Waals surface area (Å²) in [5.41, 5.74) is 4.33. The van der Waals surface area contributed by atoms with Gasteiger partial charge in [-0.3, -0.25) is 14.4 Å². The van der Waals surface area contributed by atoms with Gasteiger partial charge in [-0.2, -0.15) is 0 Å². The highest BCUT2D eigenvalue weighted by Gasteiger charge is 2.21. The number of halogens is 1. The fourth-order valence-electron chi connectivity index (χ4n) is 6.39. The van der Waals surface area contributed by atoms with Gasteiger partial charge in [0.05, 0.1) is 27.8 Å². The van der Waals surface area contributed by atoms with E-state index in [1.807, 2.05) is 19.1 Å². The van der Waals surface area contributed by atoms with Crippen molar-refractivity contribution in [3.63, 3.8) is 0 Å². The highest BCUT2D eigenvalue weighted by atomic mass is 35.5. The Morgan fingerprint density at radius 3 is 1.00 bits per heavy atom. The molecule has 326 valence electrons. The van der Waals surface area contributed by atoms with Crippen molar-refractivity contribution < 1.29 is 63.9 Å². The van der Waals surface area contributed by atoms with Crippen LogP contribution in [-0.4, -0.2) is 72.7 Å². The summed E-state index contributed by atoms with van der Waals surface area (Å²) in [6, 6.07) is 33.0. The first-order valence-corrected chi connectivity index (χ1v) is 19.6. The molecule has 0 spiro atoms. The molecule has 0 unspecified atom stereocenters. The maximum absolute atomic E-state index is 12.3. The summed E-state index contributed by atoms with van der Waals surface area (Å²) in [7, 11) is 0. The lowest BCUT2D eigenvalue weighted by atomic mass is 9.95. The van der Waals surface area contributed by atoms with E-state index in [0.29, 0.717) is 16.1 Å². The molecule has 13 nitrogen and oxygen atoms in total. The monoisotopic (exact) mass is 884 g/mol. The fraction of sp³-hybridized carbons (Fsp3) is 0.120.